The molecule has 0 radical (unpaired) electrons. The van der Waals surface area contributed by atoms with Crippen LogP contribution in [0.1, 0.15) is 30.2 Å². The number of hydrogen-bond donors (Lipinski definition) is 1. The first-order valence-corrected chi connectivity index (χ1v) is 13.3. The number of carbonyl (C=O) groups is 1. The minimum atomic E-state index is -3.26. The van der Waals surface area contributed by atoms with Gasteiger partial charge in [0.1, 0.15) is 11.6 Å². The van der Waals surface area contributed by atoms with E-state index in [1.165, 1.54) is 33.0 Å². The number of piperidine rings is 1. The van der Waals surface area contributed by atoms with Crippen molar-refractivity contribution in [1.29, 1.82) is 5.26 Å². The zero-order valence-electron chi connectivity index (χ0n) is 18.7. The standard InChI is InChI=1S/C22H26N6O3S2/c1-22(18-9-17(13-32-18)16-8-14(10-23)11-25-12-16)19(20(29)27(2)21(24)26-22)15-4-6-28(7-5-15)33(3,30)31/h8-9,11-13,15,19H,4-7H2,1-3H3,(H2,24,26)/t19-,22-/m1/s1. The molecule has 0 aromatic carbocycles. The molecule has 0 bridgehead atoms. The number of pyridine rings is 1. The summed E-state index contributed by atoms with van der Waals surface area (Å²) in [5.74, 6) is -0.443. The van der Waals surface area contributed by atoms with E-state index in [2.05, 4.69) is 11.1 Å². The third-order valence-corrected chi connectivity index (χ3v) is 9.09. The molecule has 33 heavy (non-hydrogen) atoms. The van der Waals surface area contributed by atoms with E-state index in [0.29, 0.717) is 31.5 Å². The summed E-state index contributed by atoms with van der Waals surface area (Å²) in [4.78, 5) is 24.7. The fourth-order valence-corrected chi connectivity index (χ4v) is 6.70. The zero-order chi connectivity index (χ0) is 24.0. The fraction of sp³-hybridized carbons (Fsp3) is 0.455. The van der Waals surface area contributed by atoms with E-state index in [-0.39, 0.29) is 17.8 Å². The number of nitrogens with two attached hydrogens (primary N) is 1. The van der Waals surface area contributed by atoms with Crippen LogP contribution >= 0.6 is 11.3 Å². The molecule has 4 heterocycles. The molecule has 2 aliphatic rings. The Labute approximate surface area is 197 Å². The van der Waals surface area contributed by atoms with Crippen molar-refractivity contribution in [2.75, 3.05) is 26.4 Å². The summed E-state index contributed by atoms with van der Waals surface area (Å²) in [5.41, 5.74) is 7.43. The number of hydrogen-bond acceptors (Lipinski definition) is 8. The third-order valence-electron chi connectivity index (χ3n) is 6.63. The second-order valence-corrected chi connectivity index (χ2v) is 11.7. The van der Waals surface area contributed by atoms with Crippen LogP contribution in [0.5, 0.6) is 0 Å². The Morgan fingerprint density at radius 3 is 2.58 bits per heavy atom. The molecule has 2 N–H and O–H groups in total. The molecule has 4 rings (SSSR count). The molecule has 0 spiro atoms. The van der Waals surface area contributed by atoms with Gasteiger partial charge in [-0.15, -0.1) is 11.3 Å². The molecule has 0 unspecified atom stereocenters. The summed E-state index contributed by atoms with van der Waals surface area (Å²) in [5, 5.41) is 11.2. The molecule has 174 valence electrons. The van der Waals surface area contributed by atoms with Crippen molar-refractivity contribution in [2.24, 2.45) is 22.6 Å². The van der Waals surface area contributed by atoms with Crippen LogP contribution in [0.4, 0.5) is 0 Å². The Balaban J connectivity index is 1.71. The van der Waals surface area contributed by atoms with E-state index in [1.54, 1.807) is 19.3 Å². The van der Waals surface area contributed by atoms with E-state index >= 15 is 0 Å². The van der Waals surface area contributed by atoms with Gasteiger partial charge in [-0.25, -0.2) is 17.7 Å². The average molecular weight is 487 g/mol. The summed E-state index contributed by atoms with van der Waals surface area (Å²) < 4.78 is 25.4. The van der Waals surface area contributed by atoms with Gasteiger partial charge in [-0.2, -0.15) is 5.26 Å². The largest absolute Gasteiger partial charge is 0.369 e. The van der Waals surface area contributed by atoms with Crippen molar-refractivity contribution in [3.8, 4) is 17.2 Å². The lowest BCUT2D eigenvalue weighted by Crippen LogP contribution is -2.57. The van der Waals surface area contributed by atoms with Gasteiger partial charge in [0.2, 0.25) is 15.9 Å². The SMILES string of the molecule is CN1C(=O)[C@@H](C2CCN(S(C)(=O)=O)CC2)[C@@](C)(c2cc(-c3cncc(C#N)c3)cs2)N=C1N. The van der Waals surface area contributed by atoms with E-state index in [4.69, 9.17) is 10.7 Å². The number of guanidine groups is 1. The maximum absolute atomic E-state index is 13.5. The number of aliphatic imine (C=N–C) groups is 1. The molecule has 0 aliphatic carbocycles. The van der Waals surface area contributed by atoms with E-state index < -0.39 is 21.5 Å². The van der Waals surface area contributed by atoms with Crippen molar-refractivity contribution in [3.05, 3.63) is 40.3 Å². The van der Waals surface area contributed by atoms with Gasteiger partial charge in [-0.1, -0.05) is 0 Å². The highest BCUT2D eigenvalue weighted by molar-refractivity contribution is 7.88. The van der Waals surface area contributed by atoms with Gasteiger partial charge in [0.05, 0.1) is 17.7 Å². The van der Waals surface area contributed by atoms with Crippen LogP contribution in [0.3, 0.4) is 0 Å². The number of sulfonamides is 1. The molecule has 2 aliphatic heterocycles. The fourth-order valence-electron chi connectivity index (χ4n) is 4.77. The van der Waals surface area contributed by atoms with Crippen LogP contribution in [0.25, 0.3) is 11.1 Å². The predicted molar refractivity (Wildman–Crippen MR) is 127 cm³/mol. The first kappa shape index (κ1) is 23.4. The number of amides is 1. The molecule has 1 saturated heterocycles. The molecular formula is C22H26N6O3S2. The molecule has 0 saturated carbocycles. The number of aromatic nitrogens is 1. The minimum Gasteiger partial charge on any atom is -0.369 e. The quantitative estimate of drug-likeness (QED) is 0.702. The van der Waals surface area contributed by atoms with Crippen molar-refractivity contribution in [2.45, 2.75) is 25.3 Å². The summed E-state index contributed by atoms with van der Waals surface area (Å²) in [6.45, 7) is 2.70. The summed E-state index contributed by atoms with van der Waals surface area (Å²) >= 11 is 1.49. The minimum absolute atomic E-state index is 0.0334. The highest BCUT2D eigenvalue weighted by atomic mass is 32.2. The smallest absolute Gasteiger partial charge is 0.235 e. The van der Waals surface area contributed by atoms with Crippen LogP contribution < -0.4 is 5.73 Å². The van der Waals surface area contributed by atoms with Gasteiger partial charge in [-0.05, 0) is 48.8 Å². The second kappa shape index (κ2) is 8.52. The van der Waals surface area contributed by atoms with Gasteiger partial charge in [0.25, 0.3) is 0 Å². The Bertz CT molecular complexity index is 1260. The number of thiophene rings is 1. The van der Waals surface area contributed by atoms with Crippen LogP contribution in [-0.4, -0.2) is 60.9 Å². The molecule has 2 aromatic heterocycles. The number of nitrogens with zero attached hydrogens (tertiary/aromatic N) is 5. The zero-order valence-corrected chi connectivity index (χ0v) is 20.4. The maximum atomic E-state index is 13.5. The normalized spacial score (nSPS) is 25.0. The molecule has 9 nitrogen and oxygen atoms in total. The molecule has 1 fully saturated rings. The van der Waals surface area contributed by atoms with Gasteiger partial charge in [0, 0.05) is 43.0 Å². The van der Waals surface area contributed by atoms with Crippen LogP contribution in [0.15, 0.2) is 34.9 Å². The second-order valence-electron chi connectivity index (χ2n) is 8.77. The van der Waals surface area contributed by atoms with Crippen LogP contribution in [-0.2, 0) is 20.4 Å². The van der Waals surface area contributed by atoms with Crippen LogP contribution in [0, 0.1) is 23.2 Å². The van der Waals surface area contributed by atoms with Gasteiger partial charge >= 0.3 is 0 Å². The van der Waals surface area contributed by atoms with Gasteiger partial charge in [0.15, 0.2) is 5.96 Å². The third kappa shape index (κ3) is 4.26. The Kier molecular flexibility index (Phi) is 6.03. The summed E-state index contributed by atoms with van der Waals surface area (Å²) in [6, 6.07) is 5.86. The molecule has 2 atom stereocenters. The lowest BCUT2D eigenvalue weighted by atomic mass is 9.71. The van der Waals surface area contributed by atoms with E-state index in [1.807, 2.05) is 18.4 Å². The molecule has 1 amide bonds. The van der Waals surface area contributed by atoms with Crippen molar-refractivity contribution < 1.29 is 13.2 Å². The highest BCUT2D eigenvalue weighted by Crippen LogP contribution is 2.47. The molecule has 11 heteroatoms. The first-order valence-electron chi connectivity index (χ1n) is 10.6. The topological polar surface area (TPSA) is 133 Å². The van der Waals surface area contributed by atoms with Gasteiger partial charge in [-0.3, -0.25) is 14.7 Å². The Morgan fingerprint density at radius 1 is 1.24 bits per heavy atom. The summed E-state index contributed by atoms with van der Waals surface area (Å²) in [7, 11) is -1.64. The predicted octanol–water partition coefficient (Wildman–Crippen LogP) is 1.97. The Hall–Kier alpha value is -2.81. The van der Waals surface area contributed by atoms with Crippen molar-refractivity contribution in [1.82, 2.24) is 14.2 Å². The van der Waals surface area contributed by atoms with E-state index in [9.17, 15) is 18.5 Å². The Morgan fingerprint density at radius 2 is 1.94 bits per heavy atom. The summed E-state index contributed by atoms with van der Waals surface area (Å²) in [6.07, 6.45) is 5.58. The van der Waals surface area contributed by atoms with E-state index in [0.717, 1.165) is 16.0 Å². The number of nitriles is 1. The average Bonchev–Trinajstić information content (AvgIpc) is 3.29. The maximum Gasteiger partial charge on any atom is 0.235 e. The molecular weight excluding hydrogens is 460 g/mol. The monoisotopic (exact) mass is 486 g/mol. The van der Waals surface area contributed by atoms with Gasteiger partial charge < -0.3 is 5.73 Å². The lowest BCUT2D eigenvalue weighted by Gasteiger charge is -2.45. The number of rotatable bonds is 4. The number of carbonyl (C=O) groups excluding carboxylic acids is 1. The first-order chi connectivity index (χ1) is 15.5. The van der Waals surface area contributed by atoms with Crippen LogP contribution in [0.2, 0.25) is 0 Å². The van der Waals surface area contributed by atoms with Crippen molar-refractivity contribution >= 4 is 33.2 Å². The van der Waals surface area contributed by atoms with Crippen molar-refractivity contribution in [3.63, 3.8) is 0 Å². The molecule has 2 aromatic rings. The lowest BCUT2D eigenvalue weighted by molar-refractivity contribution is -0.137. The highest BCUT2D eigenvalue weighted by Gasteiger charge is 2.51.